The number of rotatable bonds is 4. The molecule has 164 valence electrons. The number of hydrogen-bond acceptors (Lipinski definition) is 6. The van der Waals surface area contributed by atoms with Gasteiger partial charge in [0, 0.05) is 19.0 Å². The Morgan fingerprint density at radius 2 is 2.17 bits per heavy atom. The van der Waals surface area contributed by atoms with Crippen LogP contribution in [-0.4, -0.2) is 68.1 Å². The third-order valence-electron chi connectivity index (χ3n) is 7.47. The molecule has 8 nitrogen and oxygen atoms in total. The minimum atomic E-state index is -0.424. The smallest absolute Gasteiger partial charge is 0.316 e. The molecular weight excluding hydrogens is 370 g/mol. The lowest BCUT2D eigenvalue weighted by molar-refractivity contribution is -0.967. The molecule has 4 aliphatic heterocycles. The minimum absolute atomic E-state index is 0.0141. The average Bonchev–Trinajstić information content (AvgIpc) is 2.72. The summed E-state index contributed by atoms with van der Waals surface area (Å²) in [5, 5.41) is 7.27. The first-order chi connectivity index (χ1) is 14.0. The molecular formula is C21H38N5O3+. The lowest BCUT2D eigenvalue weighted by Crippen LogP contribution is -3.26. The molecule has 0 aliphatic carbocycles. The zero-order valence-corrected chi connectivity index (χ0v) is 17.9. The highest BCUT2D eigenvalue weighted by molar-refractivity contribution is 5.82. The second-order valence-electron chi connectivity index (χ2n) is 9.55. The molecule has 8 unspecified atom stereocenters. The van der Waals surface area contributed by atoms with E-state index in [0.717, 1.165) is 39.0 Å². The first kappa shape index (κ1) is 21.0. The van der Waals surface area contributed by atoms with Crippen LogP contribution in [-0.2, 0) is 14.3 Å². The molecule has 4 heterocycles. The number of hydrogen-bond donors (Lipinski definition) is 4. The number of quaternary nitrogens is 1. The Morgan fingerprint density at radius 3 is 2.90 bits per heavy atom. The zero-order valence-electron chi connectivity index (χ0n) is 17.9. The van der Waals surface area contributed by atoms with Crippen molar-refractivity contribution in [3.05, 3.63) is 0 Å². The number of nitrogens with two attached hydrogens (primary N) is 1. The first-order valence-electron chi connectivity index (χ1n) is 11.5. The number of likely N-dealkylation sites (tertiary alicyclic amines) is 1. The number of amides is 1. The van der Waals surface area contributed by atoms with Crippen molar-refractivity contribution in [2.45, 2.75) is 64.4 Å². The van der Waals surface area contributed by atoms with E-state index in [1.807, 2.05) is 11.8 Å². The molecule has 0 spiro atoms. The number of nitrogens with one attached hydrogen (secondary N) is 3. The standard InChI is InChI=1S/C21H37N5O3/c1-3-29-21(28)15-9-16-19(24-17-7-6-13(2)11-25(17)20(16)27)26(18(15)22)12-14-5-4-8-23-10-14/h13-19,23-24H,3-12,22H2,1-2H3/p+1. The normalized spacial score (nSPS) is 42.7. The lowest BCUT2D eigenvalue weighted by atomic mass is 9.79. The third-order valence-corrected chi connectivity index (χ3v) is 7.47. The van der Waals surface area contributed by atoms with Crippen molar-refractivity contribution < 1.29 is 19.2 Å². The molecule has 1 amide bonds. The van der Waals surface area contributed by atoms with Crippen LogP contribution in [0.15, 0.2) is 0 Å². The molecule has 0 saturated carbocycles. The van der Waals surface area contributed by atoms with Gasteiger partial charge in [0.2, 0.25) is 5.91 Å². The second kappa shape index (κ2) is 8.88. The molecule has 4 saturated heterocycles. The molecule has 0 aromatic carbocycles. The van der Waals surface area contributed by atoms with Gasteiger partial charge in [-0.3, -0.25) is 15.3 Å². The van der Waals surface area contributed by atoms with E-state index in [1.54, 1.807) is 0 Å². The van der Waals surface area contributed by atoms with E-state index in [4.69, 9.17) is 10.5 Å². The average molecular weight is 409 g/mol. The van der Waals surface area contributed by atoms with Crippen molar-refractivity contribution in [1.82, 2.24) is 15.5 Å². The SMILES string of the molecule is CCOC(=O)C1CC2C(=O)N3CC(C)CCC3NC2[NH+](CC2CCCNC2)C1N. The van der Waals surface area contributed by atoms with Gasteiger partial charge in [-0.25, -0.2) is 5.32 Å². The zero-order chi connectivity index (χ0) is 20.5. The molecule has 0 aromatic heterocycles. The number of ether oxygens (including phenoxy) is 1. The number of piperidine rings is 3. The van der Waals surface area contributed by atoms with E-state index in [1.165, 1.54) is 17.7 Å². The van der Waals surface area contributed by atoms with Crippen LogP contribution in [0.4, 0.5) is 0 Å². The van der Waals surface area contributed by atoms with Crippen molar-refractivity contribution in [1.29, 1.82) is 0 Å². The quantitative estimate of drug-likeness (QED) is 0.439. The summed E-state index contributed by atoms with van der Waals surface area (Å²) in [4.78, 5) is 29.4. The van der Waals surface area contributed by atoms with Gasteiger partial charge in [0.1, 0.15) is 11.8 Å². The fourth-order valence-electron chi connectivity index (χ4n) is 5.92. The summed E-state index contributed by atoms with van der Waals surface area (Å²) >= 11 is 0. The maximum Gasteiger partial charge on any atom is 0.316 e. The number of carbonyl (C=O) groups is 2. The molecule has 0 aromatic rings. The Kier molecular flexibility index (Phi) is 6.44. The molecule has 4 fully saturated rings. The minimum Gasteiger partial charge on any atom is -0.466 e. The van der Waals surface area contributed by atoms with Crippen molar-refractivity contribution in [2.75, 3.05) is 32.8 Å². The Balaban J connectivity index is 1.58. The number of nitrogens with zero attached hydrogens (tertiary/aromatic N) is 1. The third kappa shape index (κ3) is 4.17. The number of esters is 1. The first-order valence-corrected chi connectivity index (χ1v) is 11.5. The predicted octanol–water partition coefficient (Wildman–Crippen LogP) is -1.13. The lowest BCUT2D eigenvalue weighted by Gasteiger charge is -2.53. The van der Waals surface area contributed by atoms with Gasteiger partial charge in [0.25, 0.3) is 0 Å². The van der Waals surface area contributed by atoms with E-state index >= 15 is 0 Å². The summed E-state index contributed by atoms with van der Waals surface area (Å²) in [6.07, 6.45) is 4.70. The van der Waals surface area contributed by atoms with Crippen molar-refractivity contribution in [2.24, 2.45) is 29.4 Å². The molecule has 29 heavy (non-hydrogen) atoms. The van der Waals surface area contributed by atoms with E-state index in [2.05, 4.69) is 17.6 Å². The van der Waals surface area contributed by atoms with Gasteiger partial charge in [-0.05, 0) is 51.5 Å². The Labute approximate surface area is 173 Å². The number of fused-ring (bicyclic) bond motifs is 2. The Hall–Kier alpha value is -1.22. The van der Waals surface area contributed by atoms with Gasteiger partial charge in [-0.1, -0.05) is 6.92 Å². The van der Waals surface area contributed by atoms with E-state index in [0.29, 0.717) is 24.9 Å². The van der Waals surface area contributed by atoms with Crippen LogP contribution < -0.4 is 21.3 Å². The van der Waals surface area contributed by atoms with Crippen LogP contribution in [0.25, 0.3) is 0 Å². The second-order valence-corrected chi connectivity index (χ2v) is 9.55. The van der Waals surface area contributed by atoms with Crippen molar-refractivity contribution >= 4 is 11.9 Å². The van der Waals surface area contributed by atoms with Gasteiger partial charge in [0.15, 0.2) is 12.3 Å². The largest absolute Gasteiger partial charge is 0.466 e. The summed E-state index contributed by atoms with van der Waals surface area (Å²) < 4.78 is 5.34. The monoisotopic (exact) mass is 408 g/mol. The molecule has 4 rings (SSSR count). The topological polar surface area (TPSA) is 101 Å². The van der Waals surface area contributed by atoms with E-state index in [-0.39, 0.29) is 36.3 Å². The summed E-state index contributed by atoms with van der Waals surface area (Å²) in [6.45, 7) is 8.12. The van der Waals surface area contributed by atoms with Crippen LogP contribution in [0, 0.1) is 23.7 Å². The van der Waals surface area contributed by atoms with Crippen molar-refractivity contribution in [3.8, 4) is 0 Å². The predicted molar refractivity (Wildman–Crippen MR) is 108 cm³/mol. The molecule has 0 radical (unpaired) electrons. The van der Waals surface area contributed by atoms with E-state index in [9.17, 15) is 9.59 Å². The van der Waals surface area contributed by atoms with Crippen LogP contribution in [0.5, 0.6) is 0 Å². The highest BCUT2D eigenvalue weighted by Crippen LogP contribution is 2.32. The Bertz CT molecular complexity index is 611. The van der Waals surface area contributed by atoms with Crippen LogP contribution in [0.2, 0.25) is 0 Å². The van der Waals surface area contributed by atoms with Crippen molar-refractivity contribution in [3.63, 3.8) is 0 Å². The van der Waals surface area contributed by atoms with Gasteiger partial charge < -0.3 is 19.9 Å². The van der Waals surface area contributed by atoms with Gasteiger partial charge >= 0.3 is 5.97 Å². The maximum absolute atomic E-state index is 13.5. The van der Waals surface area contributed by atoms with Crippen LogP contribution in [0.1, 0.15) is 46.0 Å². The molecule has 5 N–H and O–H groups in total. The van der Waals surface area contributed by atoms with Crippen LogP contribution in [0.3, 0.4) is 0 Å². The maximum atomic E-state index is 13.5. The molecule has 4 aliphatic rings. The van der Waals surface area contributed by atoms with Gasteiger partial charge in [-0.2, -0.15) is 0 Å². The van der Waals surface area contributed by atoms with Gasteiger partial charge in [-0.15, -0.1) is 0 Å². The molecule has 8 atom stereocenters. The summed E-state index contributed by atoms with van der Waals surface area (Å²) in [5.41, 5.74) is 6.69. The highest BCUT2D eigenvalue weighted by Gasteiger charge is 2.56. The summed E-state index contributed by atoms with van der Waals surface area (Å²) in [5.74, 6) is 0.361. The van der Waals surface area contributed by atoms with Gasteiger partial charge in [0.05, 0.1) is 19.3 Å². The Morgan fingerprint density at radius 1 is 1.34 bits per heavy atom. The number of carbonyl (C=O) groups excluding carboxylic acids is 2. The summed E-state index contributed by atoms with van der Waals surface area (Å²) in [6, 6.07) is 0. The fraction of sp³-hybridized carbons (Fsp3) is 0.905. The molecule has 0 bridgehead atoms. The van der Waals surface area contributed by atoms with E-state index < -0.39 is 5.92 Å². The molecule has 8 heteroatoms. The van der Waals surface area contributed by atoms with Crippen LogP contribution >= 0.6 is 0 Å². The summed E-state index contributed by atoms with van der Waals surface area (Å²) in [7, 11) is 0. The highest BCUT2D eigenvalue weighted by atomic mass is 16.5. The fourth-order valence-corrected chi connectivity index (χ4v) is 5.92.